The van der Waals surface area contributed by atoms with Crippen LogP contribution in [0.2, 0.25) is 0 Å². The Morgan fingerprint density at radius 2 is 1.87 bits per heavy atom. The number of Topliss-reactive ketones (excluding diaryl/α,β-unsaturated/α-hetero) is 1. The smallest absolute Gasteiger partial charge is 0.492 e. The molecule has 9 heteroatoms. The number of ether oxygens (including phenoxy) is 3. The standard InChI is InChI=1S/C22H22N2O7/c1-4-5-10-24-13(2)16(19-20(24)17(25)11-18(29-3)21(19)26)12-30-22(27)31-15-8-6-14(23-28)7-9-15/h6-9,11H,4-5,10,12H2,1-3H3. The van der Waals surface area contributed by atoms with Crippen LogP contribution in [0.3, 0.4) is 0 Å². The molecule has 1 heterocycles. The summed E-state index contributed by atoms with van der Waals surface area (Å²) in [4.78, 5) is 48.2. The van der Waals surface area contributed by atoms with E-state index in [4.69, 9.17) is 14.2 Å². The van der Waals surface area contributed by atoms with E-state index in [9.17, 15) is 19.3 Å². The third-order valence-corrected chi connectivity index (χ3v) is 5.03. The molecule has 2 aromatic rings. The molecule has 1 aromatic heterocycles. The van der Waals surface area contributed by atoms with E-state index >= 15 is 0 Å². The molecule has 162 valence electrons. The van der Waals surface area contributed by atoms with Gasteiger partial charge in [-0.3, -0.25) is 9.59 Å². The third kappa shape index (κ3) is 4.40. The minimum Gasteiger partial charge on any atom is -0.492 e. The summed E-state index contributed by atoms with van der Waals surface area (Å²) in [5, 5.41) is 2.77. The van der Waals surface area contributed by atoms with Gasteiger partial charge in [0.05, 0.1) is 12.7 Å². The summed E-state index contributed by atoms with van der Waals surface area (Å²) in [5.41, 5.74) is 1.76. The summed E-state index contributed by atoms with van der Waals surface area (Å²) in [5.74, 6) is -0.645. The fourth-order valence-corrected chi connectivity index (χ4v) is 3.42. The molecule has 0 saturated heterocycles. The summed E-state index contributed by atoms with van der Waals surface area (Å²) < 4.78 is 17.2. The van der Waals surface area contributed by atoms with E-state index < -0.39 is 11.9 Å². The number of fused-ring (bicyclic) bond motifs is 1. The first-order valence-corrected chi connectivity index (χ1v) is 9.75. The highest BCUT2D eigenvalue weighted by atomic mass is 16.7. The summed E-state index contributed by atoms with van der Waals surface area (Å²) >= 11 is 0. The largest absolute Gasteiger partial charge is 0.514 e. The van der Waals surface area contributed by atoms with Crippen LogP contribution in [-0.4, -0.2) is 29.4 Å². The Hall–Kier alpha value is -3.75. The average Bonchev–Trinajstić information content (AvgIpc) is 3.05. The van der Waals surface area contributed by atoms with Crippen LogP contribution >= 0.6 is 0 Å². The van der Waals surface area contributed by atoms with E-state index in [1.54, 1.807) is 11.5 Å². The first kappa shape index (κ1) is 21.9. The molecule has 0 unspecified atom stereocenters. The lowest BCUT2D eigenvalue weighted by molar-refractivity contribution is 0.0880. The number of unbranched alkanes of at least 4 members (excludes halogenated alkanes) is 1. The number of benzene rings is 1. The van der Waals surface area contributed by atoms with Crippen molar-refractivity contribution in [3.8, 4) is 5.75 Å². The van der Waals surface area contributed by atoms with Gasteiger partial charge in [0, 0.05) is 23.9 Å². The quantitative estimate of drug-likeness (QED) is 0.344. The van der Waals surface area contributed by atoms with Gasteiger partial charge in [0.2, 0.25) is 11.6 Å². The average molecular weight is 426 g/mol. The number of carbonyl (C=O) groups is 3. The van der Waals surface area contributed by atoms with Crippen LogP contribution in [-0.2, 0) is 22.6 Å². The molecule has 0 bridgehead atoms. The van der Waals surface area contributed by atoms with E-state index in [0.29, 0.717) is 17.8 Å². The van der Waals surface area contributed by atoms with Crippen molar-refractivity contribution < 1.29 is 28.6 Å². The Labute approximate surface area is 178 Å². The van der Waals surface area contributed by atoms with E-state index in [-0.39, 0.29) is 40.8 Å². The van der Waals surface area contributed by atoms with Gasteiger partial charge < -0.3 is 18.8 Å². The monoisotopic (exact) mass is 426 g/mol. The molecule has 3 rings (SSSR count). The second-order valence-electron chi connectivity index (χ2n) is 6.92. The predicted octanol–water partition coefficient (Wildman–Crippen LogP) is 4.62. The molecule has 0 amide bonds. The number of hydrogen-bond donors (Lipinski definition) is 0. The van der Waals surface area contributed by atoms with Crippen molar-refractivity contribution in [2.75, 3.05) is 7.11 Å². The van der Waals surface area contributed by atoms with Crippen molar-refractivity contribution in [1.82, 2.24) is 4.57 Å². The molecule has 0 radical (unpaired) electrons. The predicted molar refractivity (Wildman–Crippen MR) is 111 cm³/mol. The lowest BCUT2D eigenvalue weighted by Crippen LogP contribution is -2.21. The number of rotatable bonds is 8. The molecule has 0 spiro atoms. The number of methoxy groups -OCH3 is 1. The van der Waals surface area contributed by atoms with E-state index in [2.05, 4.69) is 5.18 Å². The number of carbonyl (C=O) groups excluding carboxylic acids is 3. The van der Waals surface area contributed by atoms with Gasteiger partial charge in [-0.2, -0.15) is 0 Å². The summed E-state index contributed by atoms with van der Waals surface area (Å²) in [6.07, 6.45) is 1.92. The van der Waals surface area contributed by atoms with Gasteiger partial charge >= 0.3 is 6.16 Å². The fourth-order valence-electron chi connectivity index (χ4n) is 3.42. The molecular weight excluding hydrogens is 404 g/mol. The lowest BCUT2D eigenvalue weighted by atomic mass is 9.96. The first-order chi connectivity index (χ1) is 14.9. The molecule has 0 aliphatic heterocycles. The zero-order valence-electron chi connectivity index (χ0n) is 17.5. The number of nitroso groups, excluding NO2 is 1. The van der Waals surface area contributed by atoms with Crippen molar-refractivity contribution in [1.29, 1.82) is 0 Å². The summed E-state index contributed by atoms with van der Waals surface area (Å²) in [6, 6.07) is 5.61. The second-order valence-corrected chi connectivity index (χ2v) is 6.92. The van der Waals surface area contributed by atoms with Crippen LogP contribution in [0.15, 0.2) is 41.3 Å². The fraction of sp³-hybridized carbons (Fsp3) is 0.318. The van der Waals surface area contributed by atoms with Crippen molar-refractivity contribution >= 4 is 23.4 Å². The molecule has 1 aliphatic carbocycles. The molecular formula is C22H22N2O7. The maximum Gasteiger partial charge on any atom is 0.514 e. The van der Waals surface area contributed by atoms with E-state index in [0.717, 1.165) is 12.8 Å². The number of aromatic nitrogens is 1. The van der Waals surface area contributed by atoms with Crippen LogP contribution in [0.5, 0.6) is 5.75 Å². The zero-order chi connectivity index (χ0) is 22.5. The Balaban J connectivity index is 1.85. The maximum atomic E-state index is 12.9. The highest BCUT2D eigenvalue weighted by Gasteiger charge is 2.35. The Kier molecular flexibility index (Phi) is 6.64. The summed E-state index contributed by atoms with van der Waals surface area (Å²) in [7, 11) is 1.32. The number of nitrogens with zero attached hydrogens (tertiary/aromatic N) is 2. The SMILES string of the molecule is CCCCn1c(C)c(COC(=O)Oc2ccc(N=O)cc2)c2c1C(=O)C=C(OC)C2=O. The minimum absolute atomic E-state index is 0.0576. The molecule has 0 N–H and O–H groups in total. The van der Waals surface area contributed by atoms with Crippen molar-refractivity contribution in [3.63, 3.8) is 0 Å². The lowest BCUT2D eigenvalue weighted by Gasteiger charge is -2.14. The van der Waals surface area contributed by atoms with Crippen LogP contribution in [0.25, 0.3) is 0 Å². The van der Waals surface area contributed by atoms with Crippen molar-refractivity contribution in [2.45, 2.75) is 39.8 Å². The number of allylic oxidation sites excluding steroid dienone is 2. The van der Waals surface area contributed by atoms with Gasteiger partial charge in [0.25, 0.3) is 0 Å². The maximum absolute atomic E-state index is 12.9. The molecule has 1 aliphatic rings. The van der Waals surface area contributed by atoms with Crippen molar-refractivity contribution in [3.05, 3.63) is 63.5 Å². The number of ketones is 2. The zero-order valence-corrected chi connectivity index (χ0v) is 17.5. The second kappa shape index (κ2) is 9.38. The van der Waals surface area contributed by atoms with Crippen LogP contribution in [0, 0.1) is 11.8 Å². The topological polar surface area (TPSA) is 113 Å². The van der Waals surface area contributed by atoms with E-state index in [1.165, 1.54) is 37.5 Å². The van der Waals surface area contributed by atoms with Crippen molar-refractivity contribution in [2.24, 2.45) is 5.18 Å². The van der Waals surface area contributed by atoms with Gasteiger partial charge in [-0.05, 0) is 42.8 Å². The first-order valence-electron chi connectivity index (χ1n) is 9.75. The third-order valence-electron chi connectivity index (χ3n) is 5.03. The Bertz CT molecular complexity index is 1060. The molecule has 9 nitrogen and oxygen atoms in total. The van der Waals surface area contributed by atoms with Crippen LogP contribution < -0.4 is 4.74 Å². The Morgan fingerprint density at radius 1 is 1.16 bits per heavy atom. The van der Waals surface area contributed by atoms with Crippen LogP contribution in [0.4, 0.5) is 10.5 Å². The molecule has 1 aromatic carbocycles. The molecule has 31 heavy (non-hydrogen) atoms. The molecule has 0 saturated carbocycles. The molecule has 0 fully saturated rings. The number of hydrogen-bond acceptors (Lipinski definition) is 8. The van der Waals surface area contributed by atoms with Gasteiger partial charge in [-0.25, -0.2) is 4.79 Å². The van der Waals surface area contributed by atoms with Gasteiger partial charge in [-0.15, -0.1) is 4.91 Å². The van der Waals surface area contributed by atoms with Gasteiger partial charge in [-0.1, -0.05) is 13.3 Å². The van der Waals surface area contributed by atoms with E-state index in [1.807, 2.05) is 6.92 Å². The van der Waals surface area contributed by atoms with Crippen LogP contribution in [0.1, 0.15) is 51.9 Å². The van der Waals surface area contributed by atoms with Gasteiger partial charge in [0.1, 0.15) is 23.7 Å². The Morgan fingerprint density at radius 3 is 2.48 bits per heavy atom. The molecule has 0 atom stereocenters. The normalized spacial score (nSPS) is 12.8. The minimum atomic E-state index is -0.988. The van der Waals surface area contributed by atoms with Gasteiger partial charge in [0.15, 0.2) is 5.76 Å². The highest BCUT2D eigenvalue weighted by Crippen LogP contribution is 2.31. The highest BCUT2D eigenvalue weighted by molar-refractivity contribution is 6.24. The summed E-state index contributed by atoms with van der Waals surface area (Å²) in [6.45, 7) is 4.10.